The van der Waals surface area contributed by atoms with E-state index in [1.54, 1.807) is 0 Å². The molecule has 0 saturated heterocycles. The molecule has 0 unspecified atom stereocenters. The van der Waals surface area contributed by atoms with E-state index >= 15 is 0 Å². The van der Waals surface area contributed by atoms with E-state index in [1.165, 1.54) is 27.5 Å². The first kappa shape index (κ1) is 19.4. The first-order valence-corrected chi connectivity index (χ1v) is 9.76. The lowest BCUT2D eigenvalue weighted by atomic mass is 10.0. The van der Waals surface area contributed by atoms with E-state index in [2.05, 4.69) is 72.9 Å². The van der Waals surface area contributed by atoms with E-state index < -0.39 is 0 Å². The molecule has 1 N–H and O–H groups in total. The fraction of sp³-hybridized carbons (Fsp3) is 0.333. The average Bonchev–Trinajstić information content (AvgIpc) is 2.70. The highest BCUT2D eigenvalue weighted by Gasteiger charge is 2.09. The number of aryl methyl sites for hydroxylation is 1. The van der Waals surface area contributed by atoms with E-state index in [0.29, 0.717) is 19.8 Å². The highest BCUT2D eigenvalue weighted by atomic mass is 16.5. The Morgan fingerprint density at radius 1 is 0.889 bits per heavy atom. The molecule has 3 aromatic carbocycles. The number of hydrogen-bond acceptors (Lipinski definition) is 3. The van der Waals surface area contributed by atoms with E-state index in [9.17, 15) is 0 Å². The fourth-order valence-electron chi connectivity index (χ4n) is 3.32. The second kappa shape index (κ2) is 10.1. The molecule has 3 heteroatoms. The summed E-state index contributed by atoms with van der Waals surface area (Å²) in [5, 5.41) is 6.09. The lowest BCUT2D eigenvalue weighted by molar-refractivity contribution is 0.110. The van der Waals surface area contributed by atoms with Gasteiger partial charge in [-0.25, -0.2) is 0 Å². The number of nitrogens with one attached hydrogen (secondary N) is 1. The SMILES string of the molecule is CCOCCOc1ccc2ccccc2c1CNCCc1ccccc1C. The quantitative estimate of drug-likeness (QED) is 0.520. The van der Waals surface area contributed by atoms with Crippen molar-refractivity contribution < 1.29 is 9.47 Å². The summed E-state index contributed by atoms with van der Waals surface area (Å²) in [4.78, 5) is 0. The van der Waals surface area contributed by atoms with Crippen molar-refractivity contribution in [3.63, 3.8) is 0 Å². The molecule has 0 radical (unpaired) electrons. The molecular weight excluding hydrogens is 334 g/mol. The third kappa shape index (κ3) is 5.31. The van der Waals surface area contributed by atoms with Gasteiger partial charge in [-0.15, -0.1) is 0 Å². The number of hydrogen-bond donors (Lipinski definition) is 1. The number of rotatable bonds is 10. The van der Waals surface area contributed by atoms with Gasteiger partial charge in [-0.2, -0.15) is 0 Å². The van der Waals surface area contributed by atoms with Gasteiger partial charge in [-0.05, 0) is 54.8 Å². The molecule has 27 heavy (non-hydrogen) atoms. The highest BCUT2D eigenvalue weighted by Crippen LogP contribution is 2.28. The van der Waals surface area contributed by atoms with Crippen molar-refractivity contribution in [2.24, 2.45) is 0 Å². The topological polar surface area (TPSA) is 30.5 Å². The van der Waals surface area contributed by atoms with Crippen LogP contribution in [0.15, 0.2) is 60.7 Å². The van der Waals surface area contributed by atoms with Crippen LogP contribution in [-0.4, -0.2) is 26.4 Å². The van der Waals surface area contributed by atoms with Crippen molar-refractivity contribution in [3.8, 4) is 5.75 Å². The van der Waals surface area contributed by atoms with Gasteiger partial charge in [0.1, 0.15) is 12.4 Å². The lowest BCUT2D eigenvalue weighted by Gasteiger charge is -2.15. The van der Waals surface area contributed by atoms with Crippen LogP contribution >= 0.6 is 0 Å². The van der Waals surface area contributed by atoms with Crippen LogP contribution in [-0.2, 0) is 17.7 Å². The standard InChI is InChI=1S/C24H29NO2/c1-3-26-16-17-27-24-13-12-21-10-6-7-11-22(21)23(24)18-25-15-14-20-9-5-4-8-19(20)2/h4-13,25H,3,14-18H2,1-2H3. The molecule has 0 amide bonds. The third-order valence-electron chi connectivity index (χ3n) is 4.82. The number of fused-ring (bicyclic) bond motifs is 1. The predicted molar refractivity (Wildman–Crippen MR) is 113 cm³/mol. The van der Waals surface area contributed by atoms with Crippen LogP contribution in [0.5, 0.6) is 5.75 Å². The molecule has 3 rings (SSSR count). The number of benzene rings is 3. The summed E-state index contributed by atoms with van der Waals surface area (Å²) in [7, 11) is 0. The van der Waals surface area contributed by atoms with Crippen molar-refractivity contribution in [1.29, 1.82) is 0 Å². The summed E-state index contributed by atoms with van der Waals surface area (Å²) in [6.07, 6.45) is 1.03. The molecule has 142 valence electrons. The van der Waals surface area contributed by atoms with Gasteiger partial charge in [0.15, 0.2) is 0 Å². The predicted octanol–water partition coefficient (Wildman–Crippen LogP) is 4.90. The summed E-state index contributed by atoms with van der Waals surface area (Å²) in [6, 6.07) is 21.3. The largest absolute Gasteiger partial charge is 0.491 e. The zero-order chi connectivity index (χ0) is 18.9. The van der Waals surface area contributed by atoms with Gasteiger partial charge in [0, 0.05) is 18.7 Å². The van der Waals surface area contributed by atoms with Crippen molar-refractivity contribution >= 4 is 10.8 Å². The van der Waals surface area contributed by atoms with E-state index in [1.807, 2.05) is 6.92 Å². The Labute approximate surface area is 162 Å². The lowest BCUT2D eigenvalue weighted by Crippen LogP contribution is -2.18. The van der Waals surface area contributed by atoms with Gasteiger partial charge in [-0.1, -0.05) is 54.6 Å². The van der Waals surface area contributed by atoms with E-state index in [-0.39, 0.29) is 0 Å². The van der Waals surface area contributed by atoms with Gasteiger partial charge in [0.05, 0.1) is 6.61 Å². The van der Waals surface area contributed by atoms with Crippen LogP contribution in [0, 0.1) is 6.92 Å². The molecule has 0 fully saturated rings. The monoisotopic (exact) mass is 363 g/mol. The van der Waals surface area contributed by atoms with E-state index in [4.69, 9.17) is 9.47 Å². The van der Waals surface area contributed by atoms with Crippen molar-refractivity contribution in [2.45, 2.75) is 26.8 Å². The molecular formula is C24H29NO2. The second-order valence-electron chi connectivity index (χ2n) is 6.66. The molecule has 0 aliphatic rings. The normalized spacial score (nSPS) is 11.0. The van der Waals surface area contributed by atoms with Crippen LogP contribution < -0.4 is 10.1 Å². The fourth-order valence-corrected chi connectivity index (χ4v) is 3.32. The smallest absolute Gasteiger partial charge is 0.124 e. The highest BCUT2D eigenvalue weighted by molar-refractivity contribution is 5.87. The molecule has 3 aromatic rings. The molecule has 0 saturated carbocycles. The van der Waals surface area contributed by atoms with Gasteiger partial charge in [-0.3, -0.25) is 0 Å². The van der Waals surface area contributed by atoms with Crippen LogP contribution in [0.4, 0.5) is 0 Å². The molecule has 0 aromatic heterocycles. The van der Waals surface area contributed by atoms with Crippen LogP contribution in [0.2, 0.25) is 0 Å². The Balaban J connectivity index is 1.68. The second-order valence-corrected chi connectivity index (χ2v) is 6.66. The van der Waals surface area contributed by atoms with Crippen LogP contribution in [0.25, 0.3) is 10.8 Å². The Kier molecular flexibility index (Phi) is 7.26. The number of ether oxygens (including phenoxy) is 2. The summed E-state index contributed by atoms with van der Waals surface area (Å²) in [5.41, 5.74) is 3.97. The molecule has 0 bridgehead atoms. The maximum atomic E-state index is 6.02. The zero-order valence-electron chi connectivity index (χ0n) is 16.3. The van der Waals surface area contributed by atoms with Gasteiger partial charge in [0.25, 0.3) is 0 Å². The van der Waals surface area contributed by atoms with Crippen LogP contribution in [0.3, 0.4) is 0 Å². The summed E-state index contributed by atoms with van der Waals surface area (Å²) < 4.78 is 11.4. The zero-order valence-corrected chi connectivity index (χ0v) is 16.3. The summed E-state index contributed by atoms with van der Waals surface area (Å²) in [5.74, 6) is 0.941. The Bertz CT molecular complexity index is 860. The Morgan fingerprint density at radius 3 is 2.56 bits per heavy atom. The minimum Gasteiger partial charge on any atom is -0.491 e. The minimum atomic E-state index is 0.572. The van der Waals surface area contributed by atoms with Gasteiger partial charge < -0.3 is 14.8 Å². The Morgan fingerprint density at radius 2 is 1.70 bits per heavy atom. The van der Waals surface area contributed by atoms with Crippen LogP contribution in [0.1, 0.15) is 23.6 Å². The van der Waals surface area contributed by atoms with Gasteiger partial charge in [0.2, 0.25) is 0 Å². The maximum Gasteiger partial charge on any atom is 0.124 e. The Hall–Kier alpha value is -2.36. The molecule has 0 aliphatic carbocycles. The average molecular weight is 364 g/mol. The first-order chi connectivity index (χ1) is 13.3. The van der Waals surface area contributed by atoms with Crippen molar-refractivity contribution in [2.75, 3.05) is 26.4 Å². The summed E-state index contributed by atoms with van der Waals surface area (Å²) in [6.45, 7) is 7.80. The first-order valence-electron chi connectivity index (χ1n) is 9.76. The van der Waals surface area contributed by atoms with Crippen molar-refractivity contribution in [3.05, 3.63) is 77.4 Å². The maximum absolute atomic E-state index is 6.02. The van der Waals surface area contributed by atoms with Gasteiger partial charge >= 0.3 is 0 Å². The minimum absolute atomic E-state index is 0.572. The third-order valence-corrected chi connectivity index (χ3v) is 4.82. The molecule has 0 heterocycles. The molecule has 0 spiro atoms. The molecule has 3 nitrogen and oxygen atoms in total. The van der Waals surface area contributed by atoms with E-state index in [0.717, 1.165) is 25.3 Å². The molecule has 0 aliphatic heterocycles. The summed E-state index contributed by atoms with van der Waals surface area (Å²) >= 11 is 0. The van der Waals surface area contributed by atoms with Crippen molar-refractivity contribution in [1.82, 2.24) is 5.32 Å². The molecule has 0 atom stereocenters.